The van der Waals surface area contributed by atoms with Gasteiger partial charge in [0.1, 0.15) is 0 Å². The second kappa shape index (κ2) is 11.3. The van der Waals surface area contributed by atoms with E-state index < -0.39 is 5.41 Å². The molecule has 2 aliphatic rings. The van der Waals surface area contributed by atoms with Gasteiger partial charge in [-0.1, -0.05) is 146 Å². The molecule has 0 atom stereocenters. The number of benzene rings is 7. The molecule has 1 heterocycles. The molecule has 0 aromatic heterocycles. The van der Waals surface area contributed by atoms with Gasteiger partial charge >= 0.3 is 0 Å². The van der Waals surface area contributed by atoms with Crippen molar-refractivity contribution in [3.63, 3.8) is 0 Å². The molecular weight excluding hydrogens is 569 g/mol. The highest BCUT2D eigenvalue weighted by Gasteiger charge is 2.51. The van der Waals surface area contributed by atoms with E-state index in [4.69, 9.17) is 0 Å². The van der Waals surface area contributed by atoms with Gasteiger partial charge in [-0.2, -0.15) is 0 Å². The molecule has 0 saturated carbocycles. The van der Waals surface area contributed by atoms with Crippen LogP contribution in [0.3, 0.4) is 0 Å². The molecule has 1 N–H and O–H groups in total. The Hall–Kier alpha value is -5.70. The zero-order chi connectivity index (χ0) is 31.2. The largest absolute Gasteiger partial charge is 0.310 e. The number of rotatable bonds is 6. The van der Waals surface area contributed by atoms with Crippen molar-refractivity contribution in [2.24, 2.45) is 0 Å². The molecule has 0 unspecified atom stereocenters. The zero-order valence-electron chi connectivity index (χ0n) is 26.1. The summed E-state index contributed by atoms with van der Waals surface area (Å²) in [6, 6.07) is 64.5. The molecule has 47 heavy (non-hydrogen) atoms. The van der Waals surface area contributed by atoms with Crippen LogP contribution < -0.4 is 10.2 Å². The Morgan fingerprint density at radius 1 is 0.404 bits per heavy atom. The van der Waals surface area contributed by atoms with E-state index in [1.807, 2.05) is 0 Å². The molecule has 0 radical (unpaired) electrons. The molecule has 1 aliphatic carbocycles. The molecule has 224 valence electrons. The Kier molecular flexibility index (Phi) is 6.62. The van der Waals surface area contributed by atoms with Gasteiger partial charge in [0.15, 0.2) is 0 Å². The Morgan fingerprint density at radius 2 is 0.915 bits per heavy atom. The monoisotopic (exact) mass is 602 g/mol. The lowest BCUT2D eigenvalue weighted by Crippen LogP contribution is -2.36. The average Bonchev–Trinajstić information content (AvgIpc) is 3.43. The predicted molar refractivity (Wildman–Crippen MR) is 194 cm³/mol. The van der Waals surface area contributed by atoms with Gasteiger partial charge in [0, 0.05) is 18.8 Å². The van der Waals surface area contributed by atoms with Crippen LogP contribution in [-0.4, -0.2) is 0 Å². The number of hydrogen-bond acceptors (Lipinski definition) is 2. The van der Waals surface area contributed by atoms with Crippen molar-refractivity contribution >= 4 is 17.1 Å². The van der Waals surface area contributed by atoms with Crippen LogP contribution >= 0.6 is 0 Å². The fourth-order valence-electron chi connectivity index (χ4n) is 7.90. The van der Waals surface area contributed by atoms with Gasteiger partial charge in [-0.25, -0.2) is 0 Å². The lowest BCUT2D eigenvalue weighted by molar-refractivity contribution is 0.693. The van der Waals surface area contributed by atoms with Gasteiger partial charge in [0.2, 0.25) is 0 Å². The fraction of sp³-hybridized carbons (Fsp3) is 0.0667. The van der Waals surface area contributed by atoms with Crippen molar-refractivity contribution in [2.45, 2.75) is 18.5 Å². The van der Waals surface area contributed by atoms with Crippen molar-refractivity contribution in [1.82, 2.24) is 5.32 Å². The van der Waals surface area contributed by atoms with Gasteiger partial charge in [-0.05, 0) is 86.0 Å². The summed E-state index contributed by atoms with van der Waals surface area (Å²) in [5.41, 5.74) is 16.2. The first-order chi connectivity index (χ1) is 23.3. The lowest BCUT2D eigenvalue weighted by atomic mass is 9.64. The molecule has 1 aliphatic heterocycles. The summed E-state index contributed by atoms with van der Waals surface area (Å²) < 4.78 is 0. The SMILES string of the molecule is c1ccc(CNCc2ccc(-c3ccc4c(c3)C3(c5ccccc5-4)c4ccccc4N(c4ccccc4)c4ccccc43)cc2)cc1. The molecule has 0 amide bonds. The summed E-state index contributed by atoms with van der Waals surface area (Å²) in [7, 11) is 0. The topological polar surface area (TPSA) is 15.3 Å². The number of anilines is 3. The number of nitrogens with one attached hydrogen (secondary N) is 1. The van der Waals surface area contributed by atoms with E-state index >= 15 is 0 Å². The number of para-hydroxylation sites is 3. The minimum absolute atomic E-state index is 0.443. The lowest BCUT2D eigenvalue weighted by Gasteiger charge is -2.45. The van der Waals surface area contributed by atoms with E-state index in [2.05, 4.69) is 186 Å². The smallest absolute Gasteiger partial charge is 0.0754 e. The van der Waals surface area contributed by atoms with Crippen molar-refractivity contribution in [3.05, 3.63) is 209 Å². The third-order valence-corrected chi connectivity index (χ3v) is 9.95. The molecular formula is C45H34N2. The second-order valence-electron chi connectivity index (χ2n) is 12.5. The molecule has 1 spiro atoms. The highest BCUT2D eigenvalue weighted by Crippen LogP contribution is 2.63. The van der Waals surface area contributed by atoms with Crippen LogP contribution in [0.5, 0.6) is 0 Å². The van der Waals surface area contributed by atoms with E-state index in [1.54, 1.807) is 0 Å². The molecule has 9 rings (SSSR count). The minimum Gasteiger partial charge on any atom is -0.310 e. The van der Waals surface area contributed by atoms with Crippen LogP contribution in [0, 0.1) is 0 Å². The first-order valence-electron chi connectivity index (χ1n) is 16.4. The summed E-state index contributed by atoms with van der Waals surface area (Å²) in [5, 5.41) is 3.59. The normalized spacial score (nSPS) is 13.5. The second-order valence-corrected chi connectivity index (χ2v) is 12.5. The molecule has 7 aromatic carbocycles. The summed E-state index contributed by atoms with van der Waals surface area (Å²) in [6.07, 6.45) is 0. The van der Waals surface area contributed by atoms with E-state index in [0.29, 0.717) is 0 Å². The predicted octanol–water partition coefficient (Wildman–Crippen LogP) is 10.8. The molecule has 0 saturated heterocycles. The van der Waals surface area contributed by atoms with E-state index in [0.717, 1.165) is 13.1 Å². The third kappa shape index (κ3) is 4.37. The Bertz CT molecular complexity index is 2170. The Labute approximate surface area is 276 Å². The molecule has 0 bridgehead atoms. The van der Waals surface area contributed by atoms with Gasteiger partial charge in [0.05, 0.1) is 16.8 Å². The molecule has 7 aromatic rings. The summed E-state index contributed by atoms with van der Waals surface area (Å²) in [6.45, 7) is 1.70. The van der Waals surface area contributed by atoms with Crippen molar-refractivity contribution in [2.75, 3.05) is 4.90 Å². The maximum absolute atomic E-state index is 3.59. The minimum atomic E-state index is -0.443. The molecule has 0 fully saturated rings. The van der Waals surface area contributed by atoms with Crippen LogP contribution in [0.25, 0.3) is 22.3 Å². The first kappa shape index (κ1) is 27.6. The van der Waals surface area contributed by atoms with Gasteiger partial charge in [-0.15, -0.1) is 0 Å². The van der Waals surface area contributed by atoms with Crippen LogP contribution in [0.15, 0.2) is 176 Å². The van der Waals surface area contributed by atoms with Crippen LogP contribution in [0.4, 0.5) is 17.1 Å². The zero-order valence-corrected chi connectivity index (χ0v) is 26.1. The summed E-state index contributed by atoms with van der Waals surface area (Å²) in [4.78, 5) is 2.44. The van der Waals surface area contributed by atoms with Crippen LogP contribution in [0.2, 0.25) is 0 Å². The number of fused-ring (bicyclic) bond motifs is 9. The highest BCUT2D eigenvalue weighted by molar-refractivity contribution is 5.96. The fourth-order valence-corrected chi connectivity index (χ4v) is 7.90. The summed E-state index contributed by atoms with van der Waals surface area (Å²) in [5.74, 6) is 0. The van der Waals surface area contributed by atoms with Gasteiger partial charge < -0.3 is 10.2 Å². The van der Waals surface area contributed by atoms with Crippen LogP contribution in [0.1, 0.15) is 33.4 Å². The van der Waals surface area contributed by atoms with Gasteiger partial charge in [-0.3, -0.25) is 0 Å². The van der Waals surface area contributed by atoms with Crippen LogP contribution in [-0.2, 0) is 18.5 Å². The standard InChI is InChI=1S/C45H34N2/c1-3-13-32(14-4-1)30-46-31-33-23-25-34(26-24-33)35-27-28-38-37-17-7-8-18-39(37)45(42(38)29-35)40-19-9-11-21-43(40)47(36-15-5-2-6-16-36)44-22-12-10-20-41(44)45/h1-29,46H,30-31H2. The molecule has 2 heteroatoms. The van der Waals surface area contributed by atoms with E-state index in [-0.39, 0.29) is 0 Å². The Morgan fingerprint density at radius 3 is 1.60 bits per heavy atom. The van der Waals surface area contributed by atoms with E-state index in [9.17, 15) is 0 Å². The van der Waals surface area contributed by atoms with Gasteiger partial charge in [0.25, 0.3) is 0 Å². The maximum atomic E-state index is 3.59. The third-order valence-electron chi connectivity index (χ3n) is 9.95. The average molecular weight is 603 g/mol. The van der Waals surface area contributed by atoms with E-state index in [1.165, 1.54) is 72.7 Å². The first-order valence-corrected chi connectivity index (χ1v) is 16.4. The Balaban J connectivity index is 1.18. The van der Waals surface area contributed by atoms with Crippen molar-refractivity contribution < 1.29 is 0 Å². The van der Waals surface area contributed by atoms with Crippen molar-refractivity contribution in [1.29, 1.82) is 0 Å². The molecule has 2 nitrogen and oxygen atoms in total. The maximum Gasteiger partial charge on any atom is 0.0754 e. The van der Waals surface area contributed by atoms with Crippen molar-refractivity contribution in [3.8, 4) is 22.3 Å². The number of hydrogen-bond donors (Lipinski definition) is 1. The summed E-state index contributed by atoms with van der Waals surface area (Å²) >= 11 is 0. The quantitative estimate of drug-likeness (QED) is 0.204. The number of nitrogens with zero attached hydrogens (tertiary/aromatic N) is 1. The highest BCUT2D eigenvalue weighted by atomic mass is 15.2.